The number of piperazine rings is 1. The molecule has 1 aromatic carbocycles. The topological polar surface area (TPSA) is 33.7 Å². The molecule has 23 heavy (non-hydrogen) atoms. The number of methoxy groups -OCH3 is 2. The third kappa shape index (κ3) is 5.15. The van der Waals surface area contributed by atoms with Crippen LogP contribution >= 0.6 is 24.8 Å². The van der Waals surface area contributed by atoms with Gasteiger partial charge in [0, 0.05) is 32.2 Å². The van der Waals surface area contributed by atoms with Crippen LogP contribution in [0.4, 0.5) is 0 Å². The number of nitrogens with one attached hydrogen (secondary N) is 1. The van der Waals surface area contributed by atoms with E-state index in [1.807, 2.05) is 18.2 Å². The zero-order valence-electron chi connectivity index (χ0n) is 14.7. The predicted octanol–water partition coefficient (Wildman–Crippen LogP) is 3.54. The first-order valence-electron chi connectivity index (χ1n) is 7.64. The number of rotatable bonds is 4. The lowest BCUT2D eigenvalue weighted by Gasteiger charge is -2.43. The van der Waals surface area contributed by atoms with Crippen molar-refractivity contribution in [2.75, 3.05) is 40.4 Å². The molecule has 1 saturated heterocycles. The van der Waals surface area contributed by atoms with Gasteiger partial charge in [0.15, 0.2) is 0 Å². The van der Waals surface area contributed by atoms with Crippen LogP contribution in [0.3, 0.4) is 0 Å². The van der Waals surface area contributed by atoms with E-state index < -0.39 is 0 Å². The Hall–Kier alpha value is -0.680. The van der Waals surface area contributed by atoms with Gasteiger partial charge in [-0.15, -0.1) is 24.8 Å². The normalized spacial score (nSPS) is 16.7. The van der Waals surface area contributed by atoms with Gasteiger partial charge in [0.05, 0.1) is 19.8 Å². The van der Waals surface area contributed by atoms with Crippen LogP contribution in [0.1, 0.15) is 32.4 Å². The first-order chi connectivity index (χ1) is 9.99. The van der Waals surface area contributed by atoms with Gasteiger partial charge in [-0.05, 0) is 17.5 Å². The number of nitrogens with zero attached hydrogens (tertiary/aromatic N) is 1. The van der Waals surface area contributed by atoms with E-state index in [1.54, 1.807) is 14.2 Å². The van der Waals surface area contributed by atoms with E-state index >= 15 is 0 Å². The number of hydrogen-bond donors (Lipinski definition) is 1. The van der Waals surface area contributed by atoms with Gasteiger partial charge < -0.3 is 14.8 Å². The Bertz CT molecular complexity index is 450. The maximum absolute atomic E-state index is 5.63. The van der Waals surface area contributed by atoms with Crippen molar-refractivity contribution in [1.29, 1.82) is 0 Å². The van der Waals surface area contributed by atoms with Crippen LogP contribution in [0.15, 0.2) is 18.2 Å². The molecule has 0 saturated carbocycles. The molecule has 1 atom stereocenters. The molecule has 1 aromatic rings. The minimum absolute atomic E-state index is 0. The van der Waals surface area contributed by atoms with Gasteiger partial charge in [0.1, 0.15) is 11.5 Å². The van der Waals surface area contributed by atoms with Gasteiger partial charge in [-0.1, -0.05) is 26.8 Å². The minimum Gasteiger partial charge on any atom is -0.496 e. The van der Waals surface area contributed by atoms with E-state index in [2.05, 4.69) is 31.0 Å². The standard InChI is InChI=1S/C17H28N2O2.2ClH/c1-17(2,3)16(19-11-9-18-10-12-19)15-13(20-4)7-6-8-14(15)21-5;;/h6-8,16,18H,9-12H2,1-5H3;2*1H/t16-;;/m1../s1. The Balaban J connectivity index is 0.00000242. The summed E-state index contributed by atoms with van der Waals surface area (Å²) in [5.74, 6) is 1.82. The second-order valence-corrected chi connectivity index (χ2v) is 6.63. The maximum Gasteiger partial charge on any atom is 0.127 e. The highest BCUT2D eigenvalue weighted by atomic mass is 35.5. The van der Waals surface area contributed by atoms with Crippen LogP contribution in [0, 0.1) is 5.41 Å². The van der Waals surface area contributed by atoms with Crippen molar-refractivity contribution in [3.8, 4) is 11.5 Å². The second kappa shape index (κ2) is 9.58. The summed E-state index contributed by atoms with van der Waals surface area (Å²) in [6, 6.07) is 6.31. The van der Waals surface area contributed by atoms with E-state index in [1.165, 1.54) is 0 Å². The Morgan fingerprint density at radius 2 is 1.48 bits per heavy atom. The highest BCUT2D eigenvalue weighted by Crippen LogP contribution is 2.46. The zero-order valence-corrected chi connectivity index (χ0v) is 16.4. The molecule has 0 aromatic heterocycles. The van der Waals surface area contributed by atoms with Crippen LogP contribution in [0.25, 0.3) is 0 Å². The lowest BCUT2D eigenvalue weighted by molar-refractivity contribution is 0.0820. The van der Waals surface area contributed by atoms with Gasteiger partial charge in [0.25, 0.3) is 0 Å². The molecule has 0 spiro atoms. The van der Waals surface area contributed by atoms with E-state index in [4.69, 9.17) is 9.47 Å². The summed E-state index contributed by atoms with van der Waals surface area (Å²) in [6.45, 7) is 11.0. The third-order valence-corrected chi connectivity index (χ3v) is 4.08. The van der Waals surface area contributed by atoms with Crippen LogP contribution in [-0.4, -0.2) is 45.3 Å². The molecule has 1 fully saturated rings. The summed E-state index contributed by atoms with van der Waals surface area (Å²) in [5.41, 5.74) is 1.26. The van der Waals surface area contributed by atoms with Crippen molar-refractivity contribution in [2.45, 2.75) is 26.8 Å². The summed E-state index contributed by atoms with van der Waals surface area (Å²) >= 11 is 0. The number of hydrogen-bond acceptors (Lipinski definition) is 4. The smallest absolute Gasteiger partial charge is 0.127 e. The van der Waals surface area contributed by atoms with Gasteiger partial charge in [0.2, 0.25) is 0 Å². The fraction of sp³-hybridized carbons (Fsp3) is 0.647. The molecule has 4 nitrogen and oxygen atoms in total. The Labute approximate surface area is 152 Å². The summed E-state index contributed by atoms with van der Waals surface area (Å²) in [7, 11) is 3.46. The molecule has 0 radical (unpaired) electrons. The Morgan fingerprint density at radius 3 is 1.87 bits per heavy atom. The van der Waals surface area contributed by atoms with Crippen molar-refractivity contribution >= 4 is 24.8 Å². The van der Waals surface area contributed by atoms with Gasteiger partial charge >= 0.3 is 0 Å². The quantitative estimate of drug-likeness (QED) is 0.885. The molecule has 0 bridgehead atoms. The summed E-state index contributed by atoms with van der Waals surface area (Å²) in [4.78, 5) is 2.54. The van der Waals surface area contributed by atoms with Crippen LogP contribution in [0.5, 0.6) is 11.5 Å². The highest BCUT2D eigenvalue weighted by molar-refractivity contribution is 5.85. The summed E-state index contributed by atoms with van der Waals surface area (Å²) < 4.78 is 11.3. The second-order valence-electron chi connectivity index (χ2n) is 6.63. The predicted molar refractivity (Wildman–Crippen MR) is 101 cm³/mol. The first kappa shape index (κ1) is 22.3. The van der Waals surface area contributed by atoms with E-state index in [0.717, 1.165) is 43.2 Å². The van der Waals surface area contributed by atoms with Crippen molar-refractivity contribution in [2.24, 2.45) is 5.41 Å². The molecule has 1 aliphatic rings. The van der Waals surface area contributed by atoms with Gasteiger partial charge in [-0.25, -0.2) is 0 Å². The molecular formula is C17H30Cl2N2O2. The molecule has 0 amide bonds. The third-order valence-electron chi connectivity index (χ3n) is 4.08. The molecular weight excluding hydrogens is 335 g/mol. The van der Waals surface area contributed by atoms with E-state index in [0.29, 0.717) is 0 Å². The number of ether oxygens (including phenoxy) is 2. The SMILES string of the molecule is COc1cccc(OC)c1[C@@H](N1CCNCC1)C(C)(C)C.Cl.Cl. The molecule has 0 aliphatic carbocycles. The monoisotopic (exact) mass is 364 g/mol. The molecule has 0 unspecified atom stereocenters. The lowest BCUT2D eigenvalue weighted by Crippen LogP contribution is -2.48. The molecule has 134 valence electrons. The van der Waals surface area contributed by atoms with E-state index in [9.17, 15) is 0 Å². The minimum atomic E-state index is 0. The number of halogens is 2. The van der Waals surface area contributed by atoms with Crippen molar-refractivity contribution in [1.82, 2.24) is 10.2 Å². The van der Waals surface area contributed by atoms with Crippen molar-refractivity contribution < 1.29 is 9.47 Å². The van der Waals surface area contributed by atoms with Gasteiger partial charge in [-0.3, -0.25) is 4.90 Å². The Morgan fingerprint density at radius 1 is 1.00 bits per heavy atom. The highest BCUT2D eigenvalue weighted by Gasteiger charge is 2.36. The van der Waals surface area contributed by atoms with Crippen LogP contribution in [0.2, 0.25) is 0 Å². The fourth-order valence-corrected chi connectivity index (χ4v) is 3.25. The first-order valence-corrected chi connectivity index (χ1v) is 7.64. The summed E-state index contributed by atoms with van der Waals surface area (Å²) in [6.07, 6.45) is 0. The van der Waals surface area contributed by atoms with Crippen LogP contribution in [-0.2, 0) is 0 Å². The average molecular weight is 365 g/mol. The Kier molecular flexibility index (Phi) is 9.29. The van der Waals surface area contributed by atoms with Gasteiger partial charge in [-0.2, -0.15) is 0 Å². The molecule has 1 aliphatic heterocycles. The van der Waals surface area contributed by atoms with E-state index in [-0.39, 0.29) is 36.3 Å². The van der Waals surface area contributed by atoms with Crippen molar-refractivity contribution in [3.05, 3.63) is 23.8 Å². The lowest BCUT2D eigenvalue weighted by atomic mass is 9.80. The molecule has 2 rings (SSSR count). The zero-order chi connectivity index (χ0) is 15.5. The molecule has 6 heteroatoms. The maximum atomic E-state index is 5.63. The molecule has 1 N–H and O–H groups in total. The molecule has 1 heterocycles. The van der Waals surface area contributed by atoms with Crippen molar-refractivity contribution in [3.63, 3.8) is 0 Å². The average Bonchev–Trinajstić information content (AvgIpc) is 2.47. The largest absolute Gasteiger partial charge is 0.496 e. The number of benzene rings is 1. The fourth-order valence-electron chi connectivity index (χ4n) is 3.25. The van der Waals surface area contributed by atoms with Crippen LogP contribution < -0.4 is 14.8 Å². The summed E-state index contributed by atoms with van der Waals surface area (Å²) in [5, 5.41) is 3.43.